The third-order valence-corrected chi connectivity index (χ3v) is 6.28. The lowest BCUT2D eigenvalue weighted by molar-refractivity contribution is -0.0986. The van der Waals surface area contributed by atoms with E-state index in [2.05, 4.69) is 15.1 Å². The molecule has 0 spiro atoms. The van der Waals surface area contributed by atoms with Gasteiger partial charge in [-0.3, -0.25) is 0 Å². The van der Waals surface area contributed by atoms with Crippen molar-refractivity contribution in [3.63, 3.8) is 0 Å². The number of benzene rings is 1. The molecule has 0 amide bonds. The maximum atomic E-state index is 13.3. The van der Waals surface area contributed by atoms with E-state index >= 15 is 0 Å². The largest absolute Gasteiger partial charge is 0.465 e. The Morgan fingerprint density at radius 3 is 2.70 bits per heavy atom. The normalized spacial score (nSPS) is 34.7. The van der Waals surface area contributed by atoms with E-state index < -0.39 is 0 Å². The van der Waals surface area contributed by atoms with Crippen molar-refractivity contribution < 1.29 is 9.13 Å². The van der Waals surface area contributed by atoms with Gasteiger partial charge in [-0.15, -0.1) is 5.10 Å². The Labute approximate surface area is 138 Å². The molecule has 2 aromatic rings. The SMILES string of the molecule is Fc1cccc(-c2nnc(OC3[C@H]4CC5C[C@H]3CN(C5)C4)s2)c1. The molecule has 4 aliphatic rings. The fourth-order valence-corrected chi connectivity index (χ4v) is 5.40. The van der Waals surface area contributed by atoms with Crippen molar-refractivity contribution in [1.82, 2.24) is 15.1 Å². The lowest BCUT2D eigenvalue weighted by Gasteiger charge is -2.54. The molecule has 4 nitrogen and oxygen atoms in total. The second-order valence-corrected chi connectivity index (χ2v) is 7.98. The molecular weight excluding hydrogens is 313 g/mol. The van der Waals surface area contributed by atoms with Crippen LogP contribution in [0, 0.1) is 23.6 Å². The molecule has 4 heterocycles. The molecule has 6 rings (SSSR count). The van der Waals surface area contributed by atoms with E-state index in [4.69, 9.17) is 4.74 Å². The maximum absolute atomic E-state index is 13.3. The highest BCUT2D eigenvalue weighted by atomic mass is 32.1. The zero-order valence-corrected chi connectivity index (χ0v) is 13.5. The zero-order chi connectivity index (χ0) is 15.4. The molecule has 0 unspecified atom stereocenters. The van der Waals surface area contributed by atoms with Gasteiger partial charge in [0, 0.05) is 37.0 Å². The molecule has 1 aromatic heterocycles. The zero-order valence-electron chi connectivity index (χ0n) is 12.7. The van der Waals surface area contributed by atoms with E-state index in [9.17, 15) is 4.39 Å². The van der Waals surface area contributed by atoms with Crippen molar-refractivity contribution in [2.75, 3.05) is 19.6 Å². The first-order valence-electron chi connectivity index (χ1n) is 8.23. The van der Waals surface area contributed by atoms with Gasteiger partial charge in [0.2, 0.25) is 0 Å². The van der Waals surface area contributed by atoms with E-state index in [1.165, 1.54) is 42.9 Å². The highest BCUT2D eigenvalue weighted by Gasteiger charge is 2.49. The molecule has 120 valence electrons. The van der Waals surface area contributed by atoms with Crippen molar-refractivity contribution in [1.29, 1.82) is 0 Å². The molecule has 4 bridgehead atoms. The smallest absolute Gasteiger partial charge is 0.294 e. The number of rotatable bonds is 3. The predicted molar refractivity (Wildman–Crippen MR) is 85.9 cm³/mol. The van der Waals surface area contributed by atoms with Crippen molar-refractivity contribution in [2.45, 2.75) is 18.9 Å². The summed E-state index contributed by atoms with van der Waals surface area (Å²) in [5, 5.41) is 9.70. The van der Waals surface area contributed by atoms with Crippen LogP contribution in [0.15, 0.2) is 24.3 Å². The molecule has 4 fully saturated rings. The summed E-state index contributed by atoms with van der Waals surface area (Å²) in [7, 11) is 0. The molecule has 1 aromatic carbocycles. The van der Waals surface area contributed by atoms with Gasteiger partial charge >= 0.3 is 0 Å². The molecule has 2 atom stereocenters. The first-order valence-corrected chi connectivity index (χ1v) is 9.05. The second-order valence-electron chi connectivity index (χ2n) is 7.04. The Morgan fingerprint density at radius 2 is 1.96 bits per heavy atom. The quantitative estimate of drug-likeness (QED) is 0.866. The summed E-state index contributed by atoms with van der Waals surface area (Å²) in [4.78, 5) is 2.59. The number of piperidine rings is 3. The Hall–Kier alpha value is -1.53. The van der Waals surface area contributed by atoms with Crippen LogP contribution < -0.4 is 4.74 Å². The van der Waals surface area contributed by atoms with Crippen LogP contribution in [0.5, 0.6) is 5.19 Å². The van der Waals surface area contributed by atoms with E-state index in [1.807, 2.05) is 6.07 Å². The number of nitrogens with zero attached hydrogens (tertiary/aromatic N) is 3. The Morgan fingerprint density at radius 1 is 1.13 bits per heavy atom. The highest BCUT2D eigenvalue weighted by molar-refractivity contribution is 7.16. The van der Waals surface area contributed by atoms with Crippen LogP contribution >= 0.6 is 11.3 Å². The van der Waals surface area contributed by atoms with Crippen LogP contribution in [0.2, 0.25) is 0 Å². The molecule has 3 saturated heterocycles. The van der Waals surface area contributed by atoms with Gasteiger partial charge in [0.25, 0.3) is 5.19 Å². The average Bonchev–Trinajstić information content (AvgIpc) is 2.99. The van der Waals surface area contributed by atoms with E-state index in [0.29, 0.717) is 22.0 Å². The minimum Gasteiger partial charge on any atom is -0.465 e. The van der Waals surface area contributed by atoms with Crippen molar-refractivity contribution in [3.05, 3.63) is 30.1 Å². The van der Waals surface area contributed by atoms with E-state index in [-0.39, 0.29) is 11.9 Å². The van der Waals surface area contributed by atoms with Gasteiger partial charge in [0.1, 0.15) is 11.9 Å². The summed E-state index contributed by atoms with van der Waals surface area (Å²) in [5.41, 5.74) is 0.758. The predicted octanol–water partition coefficient (Wildman–Crippen LogP) is 3.06. The monoisotopic (exact) mass is 331 g/mol. The molecule has 0 radical (unpaired) electrons. The third-order valence-electron chi connectivity index (χ3n) is 5.42. The van der Waals surface area contributed by atoms with Crippen LogP contribution in [-0.4, -0.2) is 40.8 Å². The standard InChI is InChI=1S/C17H18FN3OS/c18-14-3-1-2-11(6-14)16-19-20-17(23-16)22-15-12-4-10-5-13(15)9-21(7-10)8-12/h1-3,6,10,12-13,15H,4-5,7-9H2/t10?,12-,13-,15?/m0/s1. The van der Waals surface area contributed by atoms with Gasteiger partial charge in [0.15, 0.2) is 5.01 Å². The fraction of sp³-hybridized carbons (Fsp3) is 0.529. The molecule has 6 heteroatoms. The fourth-order valence-electron chi connectivity index (χ4n) is 4.67. The lowest BCUT2D eigenvalue weighted by Crippen LogP contribution is -2.61. The summed E-state index contributed by atoms with van der Waals surface area (Å²) in [6.07, 6.45) is 2.84. The summed E-state index contributed by atoms with van der Waals surface area (Å²) in [6.45, 7) is 3.60. The topological polar surface area (TPSA) is 38.3 Å². The van der Waals surface area contributed by atoms with Gasteiger partial charge < -0.3 is 9.64 Å². The lowest BCUT2D eigenvalue weighted by atomic mass is 9.66. The summed E-state index contributed by atoms with van der Waals surface area (Å²) in [5.74, 6) is 1.87. The molecule has 1 aliphatic carbocycles. The van der Waals surface area contributed by atoms with Crippen molar-refractivity contribution in [2.24, 2.45) is 17.8 Å². The highest BCUT2D eigenvalue weighted by Crippen LogP contribution is 2.45. The van der Waals surface area contributed by atoms with Crippen LogP contribution in [0.25, 0.3) is 10.6 Å². The molecule has 23 heavy (non-hydrogen) atoms. The van der Waals surface area contributed by atoms with Crippen LogP contribution in [-0.2, 0) is 0 Å². The number of hydrogen-bond donors (Lipinski definition) is 0. The van der Waals surface area contributed by atoms with Crippen molar-refractivity contribution in [3.8, 4) is 15.8 Å². The number of hydrogen-bond acceptors (Lipinski definition) is 5. The minimum atomic E-state index is -0.254. The first kappa shape index (κ1) is 13.9. The van der Waals surface area contributed by atoms with Crippen LogP contribution in [0.3, 0.4) is 0 Å². The van der Waals surface area contributed by atoms with Gasteiger partial charge in [-0.25, -0.2) is 4.39 Å². The van der Waals surface area contributed by atoms with Gasteiger partial charge in [-0.2, -0.15) is 0 Å². The molecule has 0 N–H and O–H groups in total. The minimum absolute atomic E-state index is 0.254. The van der Waals surface area contributed by atoms with Gasteiger partial charge in [0.05, 0.1) is 0 Å². The Bertz CT molecular complexity index is 706. The summed E-state index contributed by atoms with van der Waals surface area (Å²) >= 11 is 1.41. The van der Waals surface area contributed by atoms with Crippen LogP contribution in [0.1, 0.15) is 12.8 Å². The van der Waals surface area contributed by atoms with Crippen LogP contribution in [0.4, 0.5) is 4.39 Å². The van der Waals surface area contributed by atoms with E-state index in [0.717, 1.165) is 24.6 Å². The second kappa shape index (κ2) is 5.24. The first-order chi connectivity index (χ1) is 11.2. The van der Waals surface area contributed by atoms with E-state index in [1.54, 1.807) is 6.07 Å². The van der Waals surface area contributed by atoms with Gasteiger partial charge in [-0.05, 0) is 30.9 Å². The average molecular weight is 331 g/mol. The van der Waals surface area contributed by atoms with Crippen molar-refractivity contribution >= 4 is 11.3 Å². The number of aromatic nitrogens is 2. The molecule has 1 saturated carbocycles. The summed E-state index contributed by atoms with van der Waals surface area (Å²) in [6, 6.07) is 6.47. The Balaban J connectivity index is 1.36. The number of ether oxygens (including phenoxy) is 1. The summed E-state index contributed by atoms with van der Waals surface area (Å²) < 4.78 is 19.6. The number of halogens is 1. The maximum Gasteiger partial charge on any atom is 0.294 e. The Kier molecular flexibility index (Phi) is 3.16. The molecule has 3 aliphatic heterocycles. The molecular formula is C17H18FN3OS. The third kappa shape index (κ3) is 2.44. The van der Waals surface area contributed by atoms with Gasteiger partial charge in [-0.1, -0.05) is 28.6 Å².